The molecule has 1 saturated heterocycles. The standard InChI is InChI=1S/C14H20BNO3/c1-14(2)9-18-15(19-10-14)12-7-11(8-16-3)5-6-13(12)17-4/h5-7H,3,8-10H2,1-2,4H3. The highest BCUT2D eigenvalue weighted by Gasteiger charge is 2.35. The van der Waals surface area contributed by atoms with Crippen molar-refractivity contribution >= 4 is 19.3 Å². The third-order valence-electron chi connectivity index (χ3n) is 3.09. The molecule has 4 nitrogen and oxygen atoms in total. The van der Waals surface area contributed by atoms with Gasteiger partial charge in [0.15, 0.2) is 0 Å². The van der Waals surface area contributed by atoms with Gasteiger partial charge in [-0.15, -0.1) is 0 Å². The Bertz CT molecular complexity index is 452. The van der Waals surface area contributed by atoms with E-state index in [-0.39, 0.29) is 12.5 Å². The van der Waals surface area contributed by atoms with Crippen LogP contribution in [0.3, 0.4) is 0 Å². The zero-order valence-corrected chi connectivity index (χ0v) is 11.8. The summed E-state index contributed by atoms with van der Waals surface area (Å²) in [5, 5.41) is 0. The average Bonchev–Trinajstić information content (AvgIpc) is 2.39. The van der Waals surface area contributed by atoms with E-state index in [4.69, 9.17) is 14.0 Å². The van der Waals surface area contributed by atoms with E-state index in [2.05, 4.69) is 25.6 Å². The summed E-state index contributed by atoms with van der Waals surface area (Å²) in [4.78, 5) is 3.90. The van der Waals surface area contributed by atoms with Crippen molar-refractivity contribution in [2.45, 2.75) is 20.4 Å². The van der Waals surface area contributed by atoms with Gasteiger partial charge in [0.05, 0.1) is 13.7 Å². The Labute approximate surface area is 114 Å². The van der Waals surface area contributed by atoms with E-state index < -0.39 is 0 Å². The Balaban J connectivity index is 2.22. The molecule has 102 valence electrons. The molecule has 0 aromatic heterocycles. The molecular formula is C14H20BNO3. The summed E-state index contributed by atoms with van der Waals surface area (Å²) in [6.07, 6.45) is 0. The zero-order chi connectivity index (χ0) is 13.9. The largest absolute Gasteiger partial charge is 0.497 e. The molecule has 0 saturated carbocycles. The summed E-state index contributed by atoms with van der Waals surface area (Å²) >= 11 is 0. The average molecular weight is 261 g/mol. The van der Waals surface area contributed by atoms with Crippen LogP contribution in [0.4, 0.5) is 0 Å². The normalized spacial score (nSPS) is 18.2. The van der Waals surface area contributed by atoms with E-state index in [1.165, 1.54) is 0 Å². The van der Waals surface area contributed by atoms with Crippen molar-refractivity contribution < 1.29 is 14.0 Å². The number of methoxy groups -OCH3 is 1. The molecule has 0 spiro atoms. The highest BCUT2D eigenvalue weighted by molar-refractivity contribution is 6.62. The minimum absolute atomic E-state index is 0.0595. The van der Waals surface area contributed by atoms with Crippen LogP contribution in [0.1, 0.15) is 19.4 Å². The van der Waals surface area contributed by atoms with Crippen LogP contribution in [-0.2, 0) is 15.9 Å². The first kappa shape index (κ1) is 14.1. The highest BCUT2D eigenvalue weighted by atomic mass is 16.6. The van der Waals surface area contributed by atoms with Crippen molar-refractivity contribution in [2.24, 2.45) is 10.4 Å². The minimum Gasteiger partial charge on any atom is -0.497 e. The second-order valence-corrected chi connectivity index (χ2v) is 5.58. The molecule has 1 aliphatic rings. The van der Waals surface area contributed by atoms with Gasteiger partial charge in [-0.05, 0) is 18.3 Å². The summed E-state index contributed by atoms with van der Waals surface area (Å²) in [6, 6.07) is 5.91. The van der Waals surface area contributed by atoms with Crippen molar-refractivity contribution in [2.75, 3.05) is 20.3 Å². The van der Waals surface area contributed by atoms with E-state index in [0.717, 1.165) is 16.8 Å². The first-order chi connectivity index (χ1) is 9.05. The lowest BCUT2D eigenvalue weighted by Gasteiger charge is -2.33. The number of rotatable bonds is 4. The molecule has 1 aromatic carbocycles. The molecule has 0 bridgehead atoms. The molecule has 19 heavy (non-hydrogen) atoms. The van der Waals surface area contributed by atoms with Gasteiger partial charge in [-0.2, -0.15) is 0 Å². The summed E-state index contributed by atoms with van der Waals surface area (Å²) in [5.41, 5.74) is 2.05. The zero-order valence-electron chi connectivity index (χ0n) is 11.8. The van der Waals surface area contributed by atoms with Gasteiger partial charge >= 0.3 is 7.12 Å². The lowest BCUT2D eigenvalue weighted by atomic mass is 9.74. The van der Waals surface area contributed by atoms with E-state index in [0.29, 0.717) is 19.8 Å². The molecule has 1 aromatic rings. The summed E-state index contributed by atoms with van der Waals surface area (Å²) in [5.74, 6) is 0.775. The Kier molecular flexibility index (Phi) is 4.27. The number of aliphatic imine (C=N–C) groups is 1. The van der Waals surface area contributed by atoms with Gasteiger partial charge in [0, 0.05) is 24.1 Å². The number of nitrogens with zero attached hydrogens (tertiary/aromatic N) is 1. The van der Waals surface area contributed by atoms with E-state index in [9.17, 15) is 0 Å². The summed E-state index contributed by atoms with van der Waals surface area (Å²) < 4.78 is 17.0. The molecule has 0 amide bonds. The number of hydrogen-bond donors (Lipinski definition) is 0. The lowest BCUT2D eigenvalue weighted by Crippen LogP contribution is -2.47. The van der Waals surface area contributed by atoms with Gasteiger partial charge in [0.2, 0.25) is 0 Å². The number of hydrogen-bond acceptors (Lipinski definition) is 4. The molecule has 1 fully saturated rings. The molecule has 2 rings (SSSR count). The van der Waals surface area contributed by atoms with Crippen LogP contribution in [0.15, 0.2) is 23.2 Å². The maximum Gasteiger partial charge on any atom is 0.497 e. The molecule has 0 unspecified atom stereocenters. The minimum atomic E-state index is -0.368. The topological polar surface area (TPSA) is 40.0 Å². The first-order valence-corrected chi connectivity index (χ1v) is 6.38. The van der Waals surface area contributed by atoms with Crippen LogP contribution in [0.5, 0.6) is 5.75 Å². The third-order valence-corrected chi connectivity index (χ3v) is 3.09. The SMILES string of the molecule is C=NCc1ccc(OC)c(B2OCC(C)(C)CO2)c1. The van der Waals surface area contributed by atoms with Crippen LogP contribution >= 0.6 is 0 Å². The maximum absolute atomic E-state index is 5.81. The van der Waals surface area contributed by atoms with Gasteiger partial charge in [0.25, 0.3) is 0 Å². The Morgan fingerprint density at radius 2 is 2.05 bits per heavy atom. The first-order valence-electron chi connectivity index (χ1n) is 6.38. The van der Waals surface area contributed by atoms with Gasteiger partial charge in [0.1, 0.15) is 5.75 Å². The second kappa shape index (κ2) is 5.76. The molecule has 0 N–H and O–H groups in total. The highest BCUT2D eigenvalue weighted by Crippen LogP contribution is 2.23. The smallest absolute Gasteiger partial charge is 0.497 e. The van der Waals surface area contributed by atoms with Crippen molar-refractivity contribution in [3.05, 3.63) is 23.8 Å². The summed E-state index contributed by atoms with van der Waals surface area (Å²) in [6.45, 7) is 9.68. The van der Waals surface area contributed by atoms with Crippen LogP contribution in [0, 0.1) is 5.41 Å². The summed E-state index contributed by atoms with van der Waals surface area (Å²) in [7, 11) is 1.28. The van der Waals surface area contributed by atoms with Gasteiger partial charge in [-0.1, -0.05) is 26.0 Å². The van der Waals surface area contributed by atoms with Gasteiger partial charge in [-0.25, -0.2) is 0 Å². The van der Waals surface area contributed by atoms with E-state index >= 15 is 0 Å². The fourth-order valence-electron chi connectivity index (χ4n) is 2.07. The van der Waals surface area contributed by atoms with Gasteiger partial charge < -0.3 is 14.0 Å². The number of ether oxygens (including phenoxy) is 1. The fraction of sp³-hybridized carbons (Fsp3) is 0.500. The Morgan fingerprint density at radius 1 is 1.37 bits per heavy atom. The Hall–Kier alpha value is -1.33. The molecule has 0 radical (unpaired) electrons. The fourth-order valence-corrected chi connectivity index (χ4v) is 2.07. The molecule has 0 atom stereocenters. The van der Waals surface area contributed by atoms with Gasteiger partial charge in [-0.3, -0.25) is 4.99 Å². The predicted octanol–water partition coefficient (Wildman–Crippen LogP) is 1.66. The molecular weight excluding hydrogens is 241 g/mol. The molecule has 5 heteroatoms. The molecule has 1 aliphatic heterocycles. The van der Waals surface area contributed by atoms with Crippen LogP contribution in [0.2, 0.25) is 0 Å². The monoisotopic (exact) mass is 261 g/mol. The van der Waals surface area contributed by atoms with Crippen LogP contribution in [0.25, 0.3) is 0 Å². The third kappa shape index (κ3) is 3.36. The van der Waals surface area contributed by atoms with E-state index in [1.807, 2.05) is 18.2 Å². The van der Waals surface area contributed by atoms with Crippen LogP contribution < -0.4 is 10.2 Å². The maximum atomic E-state index is 5.81. The van der Waals surface area contributed by atoms with Crippen molar-refractivity contribution in [1.82, 2.24) is 0 Å². The van der Waals surface area contributed by atoms with Crippen molar-refractivity contribution in [3.8, 4) is 5.75 Å². The Morgan fingerprint density at radius 3 is 2.63 bits per heavy atom. The number of benzene rings is 1. The second-order valence-electron chi connectivity index (χ2n) is 5.58. The van der Waals surface area contributed by atoms with E-state index in [1.54, 1.807) is 7.11 Å². The predicted molar refractivity (Wildman–Crippen MR) is 77.3 cm³/mol. The van der Waals surface area contributed by atoms with Crippen molar-refractivity contribution in [1.29, 1.82) is 0 Å². The lowest BCUT2D eigenvalue weighted by molar-refractivity contribution is 0.0341. The van der Waals surface area contributed by atoms with Crippen LogP contribution in [-0.4, -0.2) is 34.2 Å². The van der Waals surface area contributed by atoms with Crippen molar-refractivity contribution in [3.63, 3.8) is 0 Å². The molecule has 0 aliphatic carbocycles. The molecule has 1 heterocycles. The quantitative estimate of drug-likeness (QED) is 0.611.